The second-order valence-electron chi connectivity index (χ2n) is 4.23. The average molecular weight is 197 g/mol. The summed E-state index contributed by atoms with van der Waals surface area (Å²) in [5.74, 6) is 0. The van der Waals surface area contributed by atoms with Crippen LogP contribution >= 0.6 is 0 Å². The van der Waals surface area contributed by atoms with Crippen LogP contribution in [0.2, 0.25) is 0 Å². The lowest BCUT2D eigenvalue weighted by atomic mass is 9.98. The topological polar surface area (TPSA) is 32.3 Å². The highest BCUT2D eigenvalue weighted by Crippen LogP contribution is 2.16. The van der Waals surface area contributed by atoms with Gasteiger partial charge in [0.1, 0.15) is 0 Å². The number of rotatable bonds is 5. The first kappa shape index (κ1) is 13.4. The molecule has 0 unspecified atom stereocenters. The van der Waals surface area contributed by atoms with Crippen molar-refractivity contribution in [3.8, 4) is 0 Å². The van der Waals surface area contributed by atoms with Crippen molar-refractivity contribution in [3.63, 3.8) is 0 Å². The lowest BCUT2D eigenvalue weighted by Gasteiger charge is -2.18. The minimum absolute atomic E-state index is 0.710. The molecule has 0 spiro atoms. The van der Waals surface area contributed by atoms with Crippen LogP contribution in [-0.2, 0) is 0 Å². The van der Waals surface area contributed by atoms with Gasteiger partial charge in [0.2, 0.25) is 0 Å². The highest BCUT2D eigenvalue weighted by molar-refractivity contribution is 5.24. The predicted molar refractivity (Wildman–Crippen MR) is 62.4 cm³/mol. The molecule has 0 bridgehead atoms. The third-order valence-corrected chi connectivity index (χ3v) is 2.27. The molecule has 0 radical (unpaired) electrons. The van der Waals surface area contributed by atoms with E-state index in [9.17, 15) is 5.11 Å². The monoisotopic (exact) mass is 197 g/mol. The van der Waals surface area contributed by atoms with Crippen molar-refractivity contribution < 1.29 is 5.11 Å². The Bertz CT molecular complexity index is 221. The molecule has 0 heterocycles. The summed E-state index contributed by atoms with van der Waals surface area (Å²) >= 11 is 0. The van der Waals surface area contributed by atoms with Crippen molar-refractivity contribution in [2.45, 2.75) is 39.7 Å². The Labute approximate surface area is 87.7 Å². The molecule has 2 N–H and O–H groups in total. The highest BCUT2D eigenvalue weighted by Gasteiger charge is 2.14. The first-order valence-electron chi connectivity index (χ1n) is 5.10. The molecule has 0 aromatic heterocycles. The van der Waals surface area contributed by atoms with Crippen molar-refractivity contribution in [2.75, 3.05) is 13.6 Å². The summed E-state index contributed by atoms with van der Waals surface area (Å²) in [5, 5.41) is 12.8. The molecular weight excluding hydrogens is 174 g/mol. The van der Waals surface area contributed by atoms with Crippen molar-refractivity contribution in [1.82, 2.24) is 5.32 Å². The number of aliphatic hydroxyl groups is 1. The minimum Gasteiger partial charge on any atom is -0.386 e. The third-order valence-electron chi connectivity index (χ3n) is 2.27. The van der Waals surface area contributed by atoms with Gasteiger partial charge in [-0.15, -0.1) is 0 Å². The molecule has 0 fully saturated rings. The summed E-state index contributed by atoms with van der Waals surface area (Å²) in [7, 11) is 1.95. The molecule has 0 atom stereocenters. The van der Waals surface area contributed by atoms with Crippen molar-refractivity contribution in [2.24, 2.45) is 0 Å². The fraction of sp³-hybridized carbons (Fsp3) is 0.667. The second-order valence-corrected chi connectivity index (χ2v) is 4.23. The Morgan fingerprint density at radius 3 is 2.36 bits per heavy atom. The van der Waals surface area contributed by atoms with Crippen molar-refractivity contribution in [1.29, 1.82) is 0 Å². The molecule has 2 heteroatoms. The Hall–Kier alpha value is -0.600. The van der Waals surface area contributed by atoms with E-state index in [-0.39, 0.29) is 0 Å². The predicted octanol–water partition coefficient (Wildman–Crippen LogP) is 2.26. The van der Waals surface area contributed by atoms with Gasteiger partial charge in [0.05, 0.1) is 5.60 Å². The highest BCUT2D eigenvalue weighted by atomic mass is 16.3. The van der Waals surface area contributed by atoms with E-state index in [1.54, 1.807) is 13.8 Å². The van der Waals surface area contributed by atoms with E-state index >= 15 is 0 Å². The van der Waals surface area contributed by atoms with Gasteiger partial charge in [-0.3, -0.25) is 0 Å². The fourth-order valence-electron chi connectivity index (χ4n) is 1.02. The molecule has 82 valence electrons. The van der Waals surface area contributed by atoms with Gasteiger partial charge in [-0.2, -0.15) is 0 Å². The SMILES string of the molecule is CNCC/C=C(C)\C=C(/C)C(C)(C)O. The molecule has 0 aliphatic rings. The molecule has 0 aliphatic carbocycles. The van der Waals surface area contributed by atoms with Gasteiger partial charge in [-0.1, -0.05) is 17.7 Å². The maximum atomic E-state index is 9.70. The third kappa shape index (κ3) is 5.95. The largest absolute Gasteiger partial charge is 0.386 e. The quantitative estimate of drug-likeness (QED) is 0.523. The fourth-order valence-corrected chi connectivity index (χ4v) is 1.02. The number of hydrogen-bond acceptors (Lipinski definition) is 2. The summed E-state index contributed by atoms with van der Waals surface area (Å²) in [6.45, 7) is 8.62. The molecule has 0 aliphatic heterocycles. The lowest BCUT2D eigenvalue weighted by Crippen LogP contribution is -2.19. The Balaban J connectivity index is 4.28. The van der Waals surface area contributed by atoms with Crippen LogP contribution in [0, 0.1) is 0 Å². The summed E-state index contributed by atoms with van der Waals surface area (Å²) < 4.78 is 0. The molecule has 0 amide bonds. The Morgan fingerprint density at radius 1 is 1.36 bits per heavy atom. The molecule has 0 rings (SSSR count). The van der Waals surface area contributed by atoms with Crippen LogP contribution in [0.4, 0.5) is 0 Å². The standard InChI is InChI=1S/C12H23NO/c1-10(7-6-8-13-5)9-11(2)12(3,4)14/h7,9,13-14H,6,8H2,1-5H3/b10-7-,11-9+. The molecular formula is C12H23NO. The Morgan fingerprint density at radius 2 is 1.93 bits per heavy atom. The molecule has 0 aromatic rings. The summed E-state index contributed by atoms with van der Waals surface area (Å²) in [5.41, 5.74) is 1.49. The van der Waals surface area contributed by atoms with Crippen molar-refractivity contribution in [3.05, 3.63) is 23.3 Å². The summed E-state index contributed by atoms with van der Waals surface area (Å²) in [6, 6.07) is 0. The number of allylic oxidation sites excluding steroid dienone is 2. The maximum Gasteiger partial charge on any atom is 0.0801 e. The zero-order valence-electron chi connectivity index (χ0n) is 10.0. The van der Waals surface area contributed by atoms with Crippen LogP contribution in [-0.4, -0.2) is 24.3 Å². The summed E-state index contributed by atoms with van der Waals surface area (Å²) in [4.78, 5) is 0. The van der Waals surface area contributed by atoms with Gasteiger partial charge >= 0.3 is 0 Å². The first-order valence-corrected chi connectivity index (χ1v) is 5.10. The molecule has 14 heavy (non-hydrogen) atoms. The van der Waals surface area contributed by atoms with Gasteiger partial charge in [0, 0.05) is 0 Å². The van der Waals surface area contributed by atoms with Gasteiger partial charge in [-0.25, -0.2) is 0 Å². The van der Waals surface area contributed by atoms with Gasteiger partial charge < -0.3 is 10.4 Å². The smallest absolute Gasteiger partial charge is 0.0801 e. The van der Waals surface area contributed by atoms with E-state index in [0.717, 1.165) is 18.5 Å². The van der Waals surface area contributed by atoms with Crippen LogP contribution in [0.25, 0.3) is 0 Å². The molecule has 0 saturated carbocycles. The zero-order valence-corrected chi connectivity index (χ0v) is 10.0. The first-order chi connectivity index (χ1) is 6.38. The van der Waals surface area contributed by atoms with Crippen LogP contribution in [0.1, 0.15) is 34.1 Å². The van der Waals surface area contributed by atoms with Gasteiger partial charge in [-0.05, 0) is 53.3 Å². The van der Waals surface area contributed by atoms with Gasteiger partial charge in [0.15, 0.2) is 0 Å². The number of nitrogens with one attached hydrogen (secondary N) is 1. The number of hydrogen-bond donors (Lipinski definition) is 2. The van der Waals surface area contributed by atoms with Crippen LogP contribution in [0.15, 0.2) is 23.3 Å². The average Bonchev–Trinajstić information content (AvgIpc) is 2.03. The summed E-state index contributed by atoms with van der Waals surface area (Å²) in [6.07, 6.45) is 5.24. The van der Waals surface area contributed by atoms with E-state index in [1.165, 1.54) is 5.57 Å². The van der Waals surface area contributed by atoms with Crippen molar-refractivity contribution >= 4 is 0 Å². The van der Waals surface area contributed by atoms with E-state index in [2.05, 4.69) is 18.3 Å². The van der Waals surface area contributed by atoms with Gasteiger partial charge in [0.25, 0.3) is 0 Å². The second kappa shape index (κ2) is 5.99. The molecule has 2 nitrogen and oxygen atoms in total. The maximum absolute atomic E-state index is 9.70. The van der Waals surface area contributed by atoms with E-state index in [1.807, 2.05) is 20.0 Å². The van der Waals surface area contributed by atoms with E-state index in [0.29, 0.717) is 0 Å². The molecule has 0 saturated heterocycles. The van der Waals surface area contributed by atoms with E-state index < -0.39 is 5.60 Å². The molecule has 0 aromatic carbocycles. The zero-order chi connectivity index (χ0) is 11.2. The van der Waals surface area contributed by atoms with Crippen LogP contribution in [0.3, 0.4) is 0 Å². The lowest BCUT2D eigenvalue weighted by molar-refractivity contribution is 0.120. The normalized spacial score (nSPS) is 14.7. The van der Waals surface area contributed by atoms with Crippen LogP contribution < -0.4 is 5.32 Å². The van der Waals surface area contributed by atoms with Crippen LogP contribution in [0.5, 0.6) is 0 Å². The Kier molecular flexibility index (Phi) is 5.73. The minimum atomic E-state index is -0.710. The van der Waals surface area contributed by atoms with E-state index in [4.69, 9.17) is 0 Å².